The fourth-order valence-electron chi connectivity index (χ4n) is 2.80. The van der Waals surface area contributed by atoms with Gasteiger partial charge in [-0.25, -0.2) is 9.59 Å². The van der Waals surface area contributed by atoms with E-state index in [1.807, 2.05) is 0 Å². The maximum absolute atomic E-state index is 12.1. The quantitative estimate of drug-likeness (QED) is 0.267. The number of aliphatic hydroxyl groups is 5. The predicted molar refractivity (Wildman–Crippen MR) is 90.7 cm³/mol. The number of hydrogen-bond acceptors (Lipinski definition) is 9. The first-order valence-corrected chi connectivity index (χ1v) is 8.44. The first-order valence-electron chi connectivity index (χ1n) is 8.44. The molecule has 0 unspecified atom stereocenters. The molecule has 7 N–H and O–H groups in total. The first kappa shape index (κ1) is 22.0. The van der Waals surface area contributed by atoms with Crippen molar-refractivity contribution < 1.29 is 49.7 Å². The van der Waals surface area contributed by atoms with Crippen molar-refractivity contribution in [3.05, 3.63) is 35.9 Å². The van der Waals surface area contributed by atoms with Gasteiger partial charge in [-0.1, -0.05) is 30.3 Å². The molecule has 1 amide bonds. The van der Waals surface area contributed by atoms with Crippen molar-refractivity contribution in [2.75, 3.05) is 6.61 Å². The molecule has 1 fully saturated rings. The van der Waals surface area contributed by atoms with Crippen molar-refractivity contribution in [3.8, 4) is 0 Å². The highest BCUT2D eigenvalue weighted by molar-refractivity contribution is 5.75. The third-order valence-corrected chi connectivity index (χ3v) is 4.33. The van der Waals surface area contributed by atoms with Crippen LogP contribution in [0.1, 0.15) is 12.0 Å². The third kappa shape index (κ3) is 5.16. The molecule has 1 aliphatic heterocycles. The van der Waals surface area contributed by atoms with Crippen LogP contribution in [-0.2, 0) is 20.9 Å². The van der Waals surface area contributed by atoms with E-state index < -0.39 is 61.3 Å². The lowest BCUT2D eigenvalue weighted by Gasteiger charge is -2.44. The first-order chi connectivity index (χ1) is 13.2. The number of carboxylic acids is 1. The number of carboxylic acid groups (broad SMARTS) is 1. The Hall–Kier alpha value is -2.28. The number of amides is 1. The normalized spacial score (nSPS) is 29.5. The number of alkyl carbamates (subject to hydrolysis) is 1. The fraction of sp³-hybridized carbons (Fsp3) is 0.529. The lowest BCUT2D eigenvalue weighted by molar-refractivity contribution is -0.294. The summed E-state index contributed by atoms with van der Waals surface area (Å²) in [5.41, 5.74) is 0.686. The van der Waals surface area contributed by atoms with Gasteiger partial charge in [0.05, 0.1) is 18.8 Å². The maximum Gasteiger partial charge on any atom is 0.407 e. The molecule has 1 heterocycles. The second kappa shape index (κ2) is 9.28. The van der Waals surface area contributed by atoms with E-state index in [1.165, 1.54) is 0 Å². The van der Waals surface area contributed by atoms with Gasteiger partial charge >= 0.3 is 12.1 Å². The van der Waals surface area contributed by atoms with Crippen LogP contribution in [0, 0.1) is 0 Å². The number of aliphatic hydroxyl groups excluding tert-OH is 4. The number of carbonyl (C=O) groups is 2. The van der Waals surface area contributed by atoms with Crippen LogP contribution in [0.3, 0.4) is 0 Å². The molecular weight excluding hydrogens is 378 g/mol. The Morgan fingerprint density at radius 3 is 2.50 bits per heavy atom. The summed E-state index contributed by atoms with van der Waals surface area (Å²) >= 11 is 0. The highest BCUT2D eigenvalue weighted by Gasteiger charge is 2.54. The molecule has 1 saturated heterocycles. The molecule has 1 aromatic rings. The molecule has 0 aliphatic carbocycles. The Morgan fingerprint density at radius 2 is 1.93 bits per heavy atom. The minimum atomic E-state index is -2.85. The van der Waals surface area contributed by atoms with Crippen LogP contribution in [0.25, 0.3) is 0 Å². The SMILES string of the molecule is O=C(N[C@H]1[C@@H]([C@H](O)[C@H](O)CO)O[C@](O)(C(=O)O)C[C@H]1O)OCc1ccccc1. The molecule has 0 saturated carbocycles. The molecule has 6 atom stereocenters. The van der Waals surface area contributed by atoms with Crippen molar-refractivity contribution in [2.24, 2.45) is 0 Å². The van der Waals surface area contributed by atoms with Crippen LogP contribution in [0.5, 0.6) is 0 Å². The van der Waals surface area contributed by atoms with Crippen LogP contribution in [-0.4, -0.2) is 85.6 Å². The fourth-order valence-corrected chi connectivity index (χ4v) is 2.80. The molecule has 1 aliphatic rings. The van der Waals surface area contributed by atoms with Gasteiger partial charge in [-0.05, 0) is 5.56 Å². The molecule has 28 heavy (non-hydrogen) atoms. The van der Waals surface area contributed by atoms with Crippen molar-refractivity contribution in [3.63, 3.8) is 0 Å². The summed E-state index contributed by atoms with van der Waals surface area (Å²) in [6.45, 7) is -1.00. The van der Waals surface area contributed by atoms with Crippen LogP contribution < -0.4 is 5.32 Å². The molecular formula is C17H23NO10. The Morgan fingerprint density at radius 1 is 1.29 bits per heavy atom. The zero-order valence-electron chi connectivity index (χ0n) is 14.7. The van der Waals surface area contributed by atoms with E-state index in [9.17, 15) is 30.0 Å². The second-order valence-corrected chi connectivity index (χ2v) is 6.42. The summed E-state index contributed by atoms with van der Waals surface area (Å²) in [6.07, 6.45) is -8.94. The van der Waals surface area contributed by atoms with E-state index in [1.54, 1.807) is 30.3 Å². The molecule has 0 spiro atoms. The number of rotatable bonds is 7. The number of benzene rings is 1. The number of hydrogen-bond donors (Lipinski definition) is 7. The van der Waals surface area contributed by atoms with Gasteiger partial charge in [-0.15, -0.1) is 0 Å². The van der Waals surface area contributed by atoms with Gasteiger partial charge in [-0.3, -0.25) is 0 Å². The molecule has 1 aromatic carbocycles. The molecule has 0 aromatic heterocycles. The molecule has 11 heteroatoms. The maximum atomic E-state index is 12.1. The Bertz CT molecular complexity index is 671. The summed E-state index contributed by atoms with van der Waals surface area (Å²) in [5.74, 6) is -4.68. The van der Waals surface area contributed by atoms with E-state index in [0.717, 1.165) is 0 Å². The second-order valence-electron chi connectivity index (χ2n) is 6.42. The molecule has 11 nitrogen and oxygen atoms in total. The smallest absolute Gasteiger partial charge is 0.407 e. The highest BCUT2D eigenvalue weighted by Crippen LogP contribution is 2.30. The standard InChI is InChI=1S/C17H23NO10/c19-7-11(21)13(22)14-12(10(20)6-17(26,28-14)15(23)24)18-16(25)27-8-9-4-2-1-3-5-9/h1-5,10-14,19-22,26H,6-8H2,(H,18,25)(H,23,24)/t10-,11-,12-,13-,14+,17+/m1/s1. The van der Waals surface area contributed by atoms with Gasteiger partial charge in [0.25, 0.3) is 5.79 Å². The van der Waals surface area contributed by atoms with Crippen molar-refractivity contribution >= 4 is 12.1 Å². The Balaban J connectivity index is 2.11. The average Bonchev–Trinajstić information content (AvgIpc) is 2.67. The molecule has 2 rings (SSSR count). The summed E-state index contributed by atoms with van der Waals surface area (Å²) in [4.78, 5) is 23.3. The third-order valence-electron chi connectivity index (χ3n) is 4.33. The monoisotopic (exact) mass is 401 g/mol. The summed E-state index contributed by atoms with van der Waals surface area (Å²) in [7, 11) is 0. The molecule has 0 radical (unpaired) electrons. The van der Waals surface area contributed by atoms with Gasteiger partial charge in [0, 0.05) is 6.42 Å². The topological polar surface area (TPSA) is 186 Å². The van der Waals surface area contributed by atoms with Crippen LogP contribution in [0.4, 0.5) is 4.79 Å². The van der Waals surface area contributed by atoms with E-state index in [-0.39, 0.29) is 6.61 Å². The average molecular weight is 401 g/mol. The van der Waals surface area contributed by atoms with Gasteiger partial charge in [-0.2, -0.15) is 0 Å². The van der Waals surface area contributed by atoms with Gasteiger partial charge in [0.2, 0.25) is 0 Å². The van der Waals surface area contributed by atoms with Gasteiger partial charge in [0.15, 0.2) is 0 Å². The van der Waals surface area contributed by atoms with E-state index in [2.05, 4.69) is 5.32 Å². The lowest BCUT2D eigenvalue weighted by Crippen LogP contribution is -2.67. The van der Waals surface area contributed by atoms with Crippen LogP contribution in [0.15, 0.2) is 30.3 Å². The number of ether oxygens (including phenoxy) is 2. The lowest BCUT2D eigenvalue weighted by atomic mass is 9.89. The van der Waals surface area contributed by atoms with Crippen molar-refractivity contribution in [2.45, 2.75) is 49.3 Å². The number of carbonyl (C=O) groups excluding carboxylic acids is 1. The predicted octanol–water partition coefficient (Wildman–Crippen LogP) is -2.08. The molecule has 0 bridgehead atoms. The number of nitrogens with one attached hydrogen (secondary N) is 1. The van der Waals surface area contributed by atoms with Gasteiger partial charge < -0.3 is 45.4 Å². The Labute approximate surface area is 159 Å². The van der Waals surface area contributed by atoms with E-state index in [0.29, 0.717) is 5.56 Å². The highest BCUT2D eigenvalue weighted by atomic mass is 16.7. The van der Waals surface area contributed by atoms with Crippen LogP contribution in [0.2, 0.25) is 0 Å². The summed E-state index contributed by atoms with van der Waals surface area (Å²) in [6, 6.07) is 7.25. The van der Waals surface area contributed by atoms with E-state index in [4.69, 9.17) is 19.7 Å². The summed E-state index contributed by atoms with van der Waals surface area (Å²) < 4.78 is 9.98. The van der Waals surface area contributed by atoms with E-state index >= 15 is 0 Å². The van der Waals surface area contributed by atoms with Crippen molar-refractivity contribution in [1.82, 2.24) is 5.32 Å². The Kier molecular flexibility index (Phi) is 7.29. The minimum Gasteiger partial charge on any atom is -0.477 e. The largest absolute Gasteiger partial charge is 0.477 e. The van der Waals surface area contributed by atoms with Crippen LogP contribution >= 0.6 is 0 Å². The summed E-state index contributed by atoms with van der Waals surface area (Å²) in [5, 5.41) is 60.3. The zero-order chi connectivity index (χ0) is 20.9. The zero-order valence-corrected chi connectivity index (χ0v) is 14.7. The van der Waals surface area contributed by atoms with Crippen molar-refractivity contribution in [1.29, 1.82) is 0 Å². The number of aliphatic carboxylic acids is 1. The minimum absolute atomic E-state index is 0.0953. The molecule has 156 valence electrons. The van der Waals surface area contributed by atoms with Gasteiger partial charge in [0.1, 0.15) is 24.9 Å².